The lowest BCUT2D eigenvalue weighted by Gasteiger charge is -2.43. The second-order valence-electron chi connectivity index (χ2n) is 5.81. The maximum Gasteiger partial charge on any atom is 0.253 e. The zero-order valence-electron chi connectivity index (χ0n) is 13.2. The van der Waals surface area contributed by atoms with Gasteiger partial charge in [0.1, 0.15) is 9.96 Å². The first-order valence-electron chi connectivity index (χ1n) is 7.41. The molecule has 0 atom stereocenters. The molecule has 1 aromatic carbocycles. The fourth-order valence-electron chi connectivity index (χ4n) is 2.95. The zero-order chi connectivity index (χ0) is 17.4. The Morgan fingerprint density at radius 1 is 1.21 bits per heavy atom. The third-order valence-electron chi connectivity index (χ3n) is 4.35. The van der Waals surface area contributed by atoms with E-state index in [-0.39, 0.29) is 17.2 Å². The summed E-state index contributed by atoms with van der Waals surface area (Å²) in [5, 5.41) is 21.5. The van der Waals surface area contributed by atoms with Crippen LogP contribution in [0.1, 0.15) is 11.1 Å². The van der Waals surface area contributed by atoms with E-state index in [0.717, 1.165) is 16.9 Å². The Hall–Kier alpha value is -1.45. The first kappa shape index (κ1) is 17.4. The minimum absolute atomic E-state index is 0.0742. The number of ether oxygens (including phenoxy) is 1. The molecule has 0 spiro atoms. The Labute approximate surface area is 145 Å². The quantitative estimate of drug-likeness (QED) is 0.828. The topological polar surface area (TPSA) is 87.1 Å². The first-order chi connectivity index (χ1) is 11.5. The van der Waals surface area contributed by atoms with Gasteiger partial charge in [-0.3, -0.25) is 0 Å². The van der Waals surface area contributed by atoms with Gasteiger partial charge in [-0.25, -0.2) is 8.42 Å². The van der Waals surface area contributed by atoms with Gasteiger partial charge in [-0.2, -0.15) is 4.31 Å². The Bertz CT molecular complexity index is 809. The summed E-state index contributed by atoms with van der Waals surface area (Å²) in [4.78, 5) is 0. The molecule has 1 aliphatic rings. The molecule has 2 N–H and O–H groups in total. The fourth-order valence-corrected chi connectivity index (χ4v) is 6.20. The molecule has 0 amide bonds. The van der Waals surface area contributed by atoms with Crippen molar-refractivity contribution in [3.8, 4) is 5.75 Å². The molecule has 0 bridgehead atoms. The predicted octanol–water partition coefficient (Wildman–Crippen LogP) is 1.23. The smallest absolute Gasteiger partial charge is 0.253 e. The normalized spacial score (nSPS) is 19.0. The van der Waals surface area contributed by atoms with E-state index in [1.54, 1.807) is 42.8 Å². The SMILES string of the molecule is COc1ccc(CN2C(CO)(CO)Cc3ccsc3S2(=O)=O)cc1. The number of fused-ring (bicyclic) bond motifs is 1. The van der Waals surface area contributed by atoms with Crippen molar-refractivity contribution >= 4 is 21.4 Å². The Balaban J connectivity index is 2.04. The number of thiophene rings is 1. The molecule has 0 aliphatic carbocycles. The zero-order valence-corrected chi connectivity index (χ0v) is 14.8. The molecule has 1 aliphatic heterocycles. The molecule has 2 heterocycles. The van der Waals surface area contributed by atoms with Gasteiger partial charge >= 0.3 is 0 Å². The number of rotatable bonds is 5. The molecule has 0 fully saturated rings. The van der Waals surface area contributed by atoms with E-state index in [1.165, 1.54) is 4.31 Å². The van der Waals surface area contributed by atoms with Crippen LogP contribution in [0.4, 0.5) is 0 Å². The van der Waals surface area contributed by atoms with Gasteiger partial charge in [-0.15, -0.1) is 11.3 Å². The van der Waals surface area contributed by atoms with Gasteiger partial charge in [0.25, 0.3) is 10.0 Å². The maximum atomic E-state index is 13.0. The van der Waals surface area contributed by atoms with Gasteiger partial charge in [0, 0.05) is 6.54 Å². The van der Waals surface area contributed by atoms with Crippen LogP contribution in [0.3, 0.4) is 0 Å². The van der Waals surface area contributed by atoms with E-state index >= 15 is 0 Å². The average Bonchev–Trinajstić information content (AvgIpc) is 3.07. The number of nitrogens with zero attached hydrogens (tertiary/aromatic N) is 1. The molecule has 2 aromatic rings. The van der Waals surface area contributed by atoms with Crippen molar-refractivity contribution in [2.45, 2.75) is 22.7 Å². The summed E-state index contributed by atoms with van der Waals surface area (Å²) >= 11 is 1.16. The van der Waals surface area contributed by atoms with Crippen LogP contribution < -0.4 is 4.74 Å². The van der Waals surface area contributed by atoms with E-state index in [0.29, 0.717) is 11.3 Å². The number of aliphatic hydroxyl groups excluding tert-OH is 2. The largest absolute Gasteiger partial charge is 0.497 e. The van der Waals surface area contributed by atoms with Gasteiger partial charge in [-0.05, 0) is 41.1 Å². The Morgan fingerprint density at radius 2 is 1.88 bits per heavy atom. The number of methoxy groups -OCH3 is 1. The lowest BCUT2D eigenvalue weighted by molar-refractivity contribution is 0.0279. The van der Waals surface area contributed by atoms with E-state index in [9.17, 15) is 18.6 Å². The minimum atomic E-state index is -3.78. The molecule has 6 nitrogen and oxygen atoms in total. The monoisotopic (exact) mass is 369 g/mol. The summed E-state index contributed by atoms with van der Waals surface area (Å²) in [6, 6.07) is 8.79. The molecule has 24 heavy (non-hydrogen) atoms. The highest BCUT2D eigenvalue weighted by molar-refractivity contribution is 7.91. The van der Waals surface area contributed by atoms with Crippen molar-refractivity contribution in [2.24, 2.45) is 0 Å². The van der Waals surface area contributed by atoms with Gasteiger partial charge in [-0.1, -0.05) is 12.1 Å². The number of hydrogen-bond acceptors (Lipinski definition) is 6. The molecule has 0 saturated carbocycles. The number of sulfonamides is 1. The van der Waals surface area contributed by atoms with Crippen LogP contribution in [0.5, 0.6) is 5.75 Å². The van der Waals surface area contributed by atoms with Crippen LogP contribution in [0.25, 0.3) is 0 Å². The summed E-state index contributed by atoms with van der Waals surface area (Å²) in [6.07, 6.45) is 0.286. The standard InChI is InChI=1S/C16H19NO5S2/c1-22-14-4-2-12(3-5-14)9-17-16(10-18,11-19)8-13-6-7-23-15(13)24(17,20)21/h2-7,18-19H,8-11H2,1H3. The van der Waals surface area contributed by atoms with Crippen molar-refractivity contribution in [1.82, 2.24) is 4.31 Å². The third kappa shape index (κ3) is 2.74. The second-order valence-corrected chi connectivity index (χ2v) is 8.78. The van der Waals surface area contributed by atoms with Crippen molar-refractivity contribution in [3.63, 3.8) is 0 Å². The number of hydrogen-bond donors (Lipinski definition) is 2. The molecule has 130 valence electrons. The van der Waals surface area contributed by atoms with Gasteiger partial charge in [0.05, 0.1) is 25.9 Å². The van der Waals surface area contributed by atoms with Crippen LogP contribution in [0.2, 0.25) is 0 Å². The maximum absolute atomic E-state index is 13.0. The van der Waals surface area contributed by atoms with E-state index in [1.807, 2.05) is 0 Å². The highest BCUT2D eigenvalue weighted by Gasteiger charge is 2.49. The minimum Gasteiger partial charge on any atom is -0.497 e. The van der Waals surface area contributed by atoms with Crippen molar-refractivity contribution in [2.75, 3.05) is 20.3 Å². The van der Waals surface area contributed by atoms with Crippen LogP contribution in [0, 0.1) is 0 Å². The van der Waals surface area contributed by atoms with Crippen LogP contribution in [0.15, 0.2) is 39.9 Å². The highest BCUT2D eigenvalue weighted by atomic mass is 32.2. The van der Waals surface area contributed by atoms with E-state index in [2.05, 4.69) is 0 Å². The molecule has 1 aromatic heterocycles. The lowest BCUT2D eigenvalue weighted by Crippen LogP contribution is -2.59. The first-order valence-corrected chi connectivity index (χ1v) is 9.73. The van der Waals surface area contributed by atoms with Crippen molar-refractivity contribution in [3.05, 3.63) is 46.8 Å². The highest BCUT2D eigenvalue weighted by Crippen LogP contribution is 2.40. The van der Waals surface area contributed by atoms with Gasteiger partial charge in [0.2, 0.25) is 0 Å². The summed E-state index contributed by atoms with van der Waals surface area (Å²) < 4.78 is 32.6. The van der Waals surface area contributed by atoms with Crippen LogP contribution >= 0.6 is 11.3 Å². The summed E-state index contributed by atoms with van der Waals surface area (Å²) in [6.45, 7) is -0.826. The molecular formula is C16H19NO5S2. The summed E-state index contributed by atoms with van der Waals surface area (Å²) in [5.74, 6) is 0.677. The Morgan fingerprint density at radius 3 is 2.46 bits per heavy atom. The van der Waals surface area contributed by atoms with Gasteiger partial charge < -0.3 is 14.9 Å². The average molecular weight is 369 g/mol. The Kier molecular flexibility index (Phi) is 4.67. The molecule has 3 rings (SSSR count). The fraction of sp³-hybridized carbons (Fsp3) is 0.375. The number of aliphatic hydroxyl groups is 2. The van der Waals surface area contributed by atoms with E-state index in [4.69, 9.17) is 4.74 Å². The summed E-state index contributed by atoms with van der Waals surface area (Å²) in [5.41, 5.74) is 0.159. The van der Waals surface area contributed by atoms with Crippen molar-refractivity contribution in [1.29, 1.82) is 0 Å². The second kappa shape index (κ2) is 6.45. The van der Waals surface area contributed by atoms with Gasteiger partial charge in [0.15, 0.2) is 0 Å². The summed E-state index contributed by atoms with van der Waals surface area (Å²) in [7, 11) is -2.22. The molecule has 0 saturated heterocycles. The third-order valence-corrected chi connectivity index (χ3v) is 7.85. The molecule has 0 unspecified atom stereocenters. The van der Waals surface area contributed by atoms with Crippen molar-refractivity contribution < 1.29 is 23.4 Å². The number of benzene rings is 1. The predicted molar refractivity (Wildman–Crippen MR) is 90.6 cm³/mol. The molecular weight excluding hydrogens is 350 g/mol. The van der Waals surface area contributed by atoms with Crippen LogP contribution in [-0.2, 0) is 23.0 Å². The van der Waals surface area contributed by atoms with Crippen LogP contribution in [-0.4, -0.2) is 48.8 Å². The van der Waals surface area contributed by atoms with E-state index < -0.39 is 28.8 Å². The molecule has 8 heteroatoms. The lowest BCUT2D eigenvalue weighted by atomic mass is 9.93. The molecule has 0 radical (unpaired) electrons.